The van der Waals surface area contributed by atoms with E-state index >= 15 is 0 Å². The van der Waals surface area contributed by atoms with Crippen LogP contribution < -0.4 is 15.0 Å². The summed E-state index contributed by atoms with van der Waals surface area (Å²) in [6.07, 6.45) is 2.10. The Morgan fingerprint density at radius 2 is 2.17 bits per heavy atom. The second kappa shape index (κ2) is 5.87. The average molecular weight is 248 g/mol. The van der Waals surface area contributed by atoms with E-state index in [-0.39, 0.29) is 5.91 Å². The van der Waals surface area contributed by atoms with Crippen molar-refractivity contribution < 1.29 is 9.53 Å². The zero-order valence-electron chi connectivity index (χ0n) is 11.0. The number of hydrogen-bond acceptors (Lipinski definition) is 3. The van der Waals surface area contributed by atoms with E-state index in [1.807, 2.05) is 30.0 Å². The van der Waals surface area contributed by atoms with E-state index in [2.05, 4.69) is 5.32 Å². The van der Waals surface area contributed by atoms with E-state index in [9.17, 15) is 4.79 Å². The predicted octanol–water partition coefficient (Wildman–Crippen LogP) is 1.72. The maximum absolute atomic E-state index is 12.2. The smallest absolute Gasteiger partial charge is 0.241 e. The van der Waals surface area contributed by atoms with Gasteiger partial charge in [-0.3, -0.25) is 4.79 Å². The molecule has 0 atom stereocenters. The molecule has 4 nitrogen and oxygen atoms in total. The lowest BCUT2D eigenvalue weighted by Crippen LogP contribution is -2.41. The van der Waals surface area contributed by atoms with Crippen LogP contribution in [0, 0.1) is 6.92 Å². The lowest BCUT2D eigenvalue weighted by Gasteiger charge is -2.27. The number of methoxy groups -OCH3 is 1. The van der Waals surface area contributed by atoms with E-state index in [0.29, 0.717) is 6.54 Å². The van der Waals surface area contributed by atoms with Crippen molar-refractivity contribution in [3.63, 3.8) is 0 Å². The first-order valence-corrected chi connectivity index (χ1v) is 6.38. The summed E-state index contributed by atoms with van der Waals surface area (Å²) < 4.78 is 5.36. The second-order valence-electron chi connectivity index (χ2n) is 4.60. The standard InChI is InChI=1S/C14H20N2O2/c1-11-5-6-13(18-2)12(9-11)16-8-4-3-7-15-10-14(16)17/h5-6,9,15H,3-4,7-8,10H2,1-2H3. The van der Waals surface area contributed by atoms with E-state index in [4.69, 9.17) is 4.74 Å². The number of amides is 1. The minimum absolute atomic E-state index is 0.110. The largest absolute Gasteiger partial charge is 0.495 e. The van der Waals surface area contributed by atoms with Crippen molar-refractivity contribution in [2.24, 2.45) is 0 Å². The van der Waals surface area contributed by atoms with Gasteiger partial charge in [0, 0.05) is 6.54 Å². The zero-order chi connectivity index (χ0) is 13.0. The molecule has 1 aliphatic rings. The van der Waals surface area contributed by atoms with Gasteiger partial charge in [0.1, 0.15) is 5.75 Å². The fraction of sp³-hybridized carbons (Fsp3) is 0.500. The van der Waals surface area contributed by atoms with Crippen molar-refractivity contribution >= 4 is 11.6 Å². The molecule has 1 saturated heterocycles. The predicted molar refractivity (Wildman–Crippen MR) is 72.2 cm³/mol. The third-order valence-corrected chi connectivity index (χ3v) is 3.19. The van der Waals surface area contributed by atoms with Gasteiger partial charge in [0.2, 0.25) is 5.91 Å². The molecule has 0 bridgehead atoms. The summed E-state index contributed by atoms with van der Waals surface area (Å²) >= 11 is 0. The highest BCUT2D eigenvalue weighted by molar-refractivity contribution is 5.96. The lowest BCUT2D eigenvalue weighted by molar-refractivity contribution is -0.118. The third kappa shape index (κ3) is 2.82. The molecule has 2 rings (SSSR count). The maximum atomic E-state index is 12.2. The summed E-state index contributed by atoms with van der Waals surface area (Å²) in [5.41, 5.74) is 2.01. The van der Waals surface area contributed by atoms with Gasteiger partial charge in [0.15, 0.2) is 0 Å². The SMILES string of the molecule is COc1ccc(C)cc1N1CCCCNCC1=O. The molecule has 1 aliphatic heterocycles. The summed E-state index contributed by atoms with van der Waals surface area (Å²) in [5.74, 6) is 0.869. The first-order valence-electron chi connectivity index (χ1n) is 6.38. The Morgan fingerprint density at radius 3 is 2.94 bits per heavy atom. The Bertz CT molecular complexity index is 432. The number of anilines is 1. The fourth-order valence-electron chi connectivity index (χ4n) is 2.20. The first-order chi connectivity index (χ1) is 8.72. The van der Waals surface area contributed by atoms with Crippen LogP contribution in [0.2, 0.25) is 0 Å². The summed E-state index contributed by atoms with van der Waals surface area (Å²) in [6, 6.07) is 5.93. The molecule has 1 N–H and O–H groups in total. The van der Waals surface area contributed by atoms with Crippen molar-refractivity contribution in [1.82, 2.24) is 5.32 Å². The molecule has 1 amide bonds. The summed E-state index contributed by atoms with van der Waals surface area (Å²) in [6.45, 7) is 4.11. The molecular weight excluding hydrogens is 228 g/mol. The van der Waals surface area contributed by atoms with Gasteiger partial charge in [-0.25, -0.2) is 0 Å². The van der Waals surface area contributed by atoms with Gasteiger partial charge in [0.05, 0.1) is 19.3 Å². The van der Waals surface area contributed by atoms with Crippen molar-refractivity contribution in [3.05, 3.63) is 23.8 Å². The van der Waals surface area contributed by atoms with Gasteiger partial charge in [-0.2, -0.15) is 0 Å². The van der Waals surface area contributed by atoms with Crippen LogP contribution in [0.1, 0.15) is 18.4 Å². The van der Waals surface area contributed by atoms with Crippen LogP contribution >= 0.6 is 0 Å². The number of nitrogens with one attached hydrogen (secondary N) is 1. The number of ether oxygens (including phenoxy) is 1. The number of rotatable bonds is 2. The van der Waals surface area contributed by atoms with Crippen LogP contribution in [0.3, 0.4) is 0 Å². The second-order valence-corrected chi connectivity index (χ2v) is 4.60. The van der Waals surface area contributed by atoms with E-state index in [1.54, 1.807) is 7.11 Å². The minimum Gasteiger partial charge on any atom is -0.495 e. The molecule has 4 heteroatoms. The molecule has 0 spiro atoms. The fourth-order valence-corrected chi connectivity index (χ4v) is 2.20. The quantitative estimate of drug-likeness (QED) is 0.866. The van der Waals surface area contributed by atoms with Crippen molar-refractivity contribution in [1.29, 1.82) is 0 Å². The van der Waals surface area contributed by atoms with E-state index < -0.39 is 0 Å². The Labute approximate surface area is 108 Å². The van der Waals surface area contributed by atoms with Crippen molar-refractivity contribution in [2.75, 3.05) is 31.6 Å². The number of aryl methyl sites for hydroxylation is 1. The lowest BCUT2D eigenvalue weighted by atomic mass is 10.1. The van der Waals surface area contributed by atoms with Crippen LogP contribution in [0.15, 0.2) is 18.2 Å². The van der Waals surface area contributed by atoms with Gasteiger partial charge in [0.25, 0.3) is 0 Å². The first kappa shape index (κ1) is 12.9. The van der Waals surface area contributed by atoms with Gasteiger partial charge in [-0.15, -0.1) is 0 Å². The van der Waals surface area contributed by atoms with Crippen LogP contribution in [-0.2, 0) is 4.79 Å². The molecule has 1 heterocycles. The molecular formula is C14H20N2O2. The molecule has 18 heavy (non-hydrogen) atoms. The van der Waals surface area contributed by atoms with E-state index in [0.717, 1.165) is 42.9 Å². The molecule has 98 valence electrons. The normalized spacial score (nSPS) is 17.2. The monoisotopic (exact) mass is 248 g/mol. The molecule has 1 aromatic rings. The summed E-state index contributed by atoms with van der Waals surface area (Å²) in [4.78, 5) is 14.0. The highest BCUT2D eigenvalue weighted by atomic mass is 16.5. The number of hydrogen-bond donors (Lipinski definition) is 1. The van der Waals surface area contributed by atoms with E-state index in [1.165, 1.54) is 0 Å². The van der Waals surface area contributed by atoms with Crippen LogP contribution in [0.4, 0.5) is 5.69 Å². The molecule has 0 aromatic heterocycles. The highest BCUT2D eigenvalue weighted by Crippen LogP contribution is 2.29. The Kier molecular flexibility index (Phi) is 4.20. The Balaban J connectivity index is 2.31. The summed E-state index contributed by atoms with van der Waals surface area (Å²) in [5, 5.41) is 3.16. The zero-order valence-corrected chi connectivity index (χ0v) is 11.0. The van der Waals surface area contributed by atoms with Crippen LogP contribution in [0.25, 0.3) is 0 Å². The molecule has 0 unspecified atom stereocenters. The van der Waals surface area contributed by atoms with Gasteiger partial charge in [-0.05, 0) is 44.0 Å². The molecule has 0 radical (unpaired) electrons. The number of nitrogens with zero attached hydrogens (tertiary/aromatic N) is 1. The summed E-state index contributed by atoms with van der Waals surface area (Å²) in [7, 11) is 1.64. The third-order valence-electron chi connectivity index (χ3n) is 3.19. The van der Waals surface area contributed by atoms with Gasteiger partial charge >= 0.3 is 0 Å². The highest BCUT2D eigenvalue weighted by Gasteiger charge is 2.20. The van der Waals surface area contributed by atoms with Crippen molar-refractivity contribution in [2.45, 2.75) is 19.8 Å². The number of carbonyl (C=O) groups excluding carboxylic acids is 1. The average Bonchev–Trinajstić information content (AvgIpc) is 2.34. The Morgan fingerprint density at radius 1 is 1.33 bits per heavy atom. The topological polar surface area (TPSA) is 41.6 Å². The van der Waals surface area contributed by atoms with Crippen LogP contribution in [0.5, 0.6) is 5.75 Å². The molecule has 1 aromatic carbocycles. The van der Waals surface area contributed by atoms with Gasteiger partial charge < -0.3 is 15.0 Å². The Hall–Kier alpha value is -1.55. The molecule has 0 saturated carbocycles. The van der Waals surface area contributed by atoms with Gasteiger partial charge in [-0.1, -0.05) is 6.07 Å². The number of carbonyl (C=O) groups is 1. The minimum atomic E-state index is 0.110. The van der Waals surface area contributed by atoms with Crippen LogP contribution in [-0.4, -0.2) is 32.7 Å². The van der Waals surface area contributed by atoms with Crippen molar-refractivity contribution in [3.8, 4) is 5.75 Å². The molecule has 1 fully saturated rings. The number of benzene rings is 1. The molecule has 0 aliphatic carbocycles. The maximum Gasteiger partial charge on any atom is 0.241 e.